The minimum Gasteiger partial charge on any atom is -0.481 e. The number of nitrogens with zero attached hydrogens (tertiary/aromatic N) is 1. The predicted molar refractivity (Wildman–Crippen MR) is 115 cm³/mol. The van der Waals surface area contributed by atoms with Gasteiger partial charge in [0.15, 0.2) is 15.9 Å². The third-order valence-corrected chi connectivity index (χ3v) is 7.65. The maximum Gasteiger partial charge on any atom is 0.263 e. The number of benzene rings is 2. The third kappa shape index (κ3) is 5.13. The van der Waals surface area contributed by atoms with Crippen molar-refractivity contribution in [3.8, 4) is 5.75 Å². The van der Waals surface area contributed by atoms with Crippen LogP contribution in [0, 0.1) is 19.7 Å². The van der Waals surface area contributed by atoms with E-state index >= 15 is 0 Å². The number of sulfone groups is 1. The summed E-state index contributed by atoms with van der Waals surface area (Å²) >= 11 is 6.19. The molecule has 2 aromatic rings. The average Bonchev–Trinajstić information content (AvgIpc) is 3.04. The van der Waals surface area contributed by atoms with Crippen LogP contribution >= 0.6 is 11.6 Å². The van der Waals surface area contributed by atoms with E-state index in [1.165, 1.54) is 11.0 Å². The zero-order valence-electron chi connectivity index (χ0n) is 17.2. The minimum atomic E-state index is -3.22. The van der Waals surface area contributed by atoms with E-state index in [0.717, 1.165) is 11.1 Å². The number of rotatable bonds is 6. The molecule has 1 amide bonds. The first-order valence-corrected chi connectivity index (χ1v) is 11.9. The van der Waals surface area contributed by atoms with Gasteiger partial charge in [-0.05, 0) is 56.5 Å². The van der Waals surface area contributed by atoms with Gasteiger partial charge in [0.05, 0.1) is 11.5 Å². The summed E-state index contributed by atoms with van der Waals surface area (Å²) in [6, 6.07) is 9.16. The summed E-state index contributed by atoms with van der Waals surface area (Å²) in [6.45, 7) is 5.29. The molecule has 0 radical (unpaired) electrons. The molecule has 1 aliphatic rings. The lowest BCUT2D eigenvalue weighted by Gasteiger charge is -2.31. The van der Waals surface area contributed by atoms with E-state index in [-0.39, 0.29) is 24.0 Å². The van der Waals surface area contributed by atoms with E-state index in [1.807, 2.05) is 13.8 Å². The maximum absolute atomic E-state index is 14.2. The fourth-order valence-corrected chi connectivity index (χ4v) is 5.52. The van der Waals surface area contributed by atoms with Crippen LogP contribution in [0.15, 0.2) is 36.4 Å². The molecule has 0 bridgehead atoms. The highest BCUT2D eigenvalue weighted by Crippen LogP contribution is 2.28. The Morgan fingerprint density at radius 2 is 1.90 bits per heavy atom. The Bertz CT molecular complexity index is 1030. The molecule has 1 heterocycles. The molecule has 162 valence electrons. The Kier molecular flexibility index (Phi) is 6.72. The van der Waals surface area contributed by atoms with Crippen molar-refractivity contribution in [1.29, 1.82) is 0 Å². The molecule has 0 saturated carbocycles. The van der Waals surface area contributed by atoms with Gasteiger partial charge in [0, 0.05) is 23.2 Å². The first-order chi connectivity index (χ1) is 14.1. The van der Waals surface area contributed by atoms with Crippen LogP contribution in [0.3, 0.4) is 0 Å². The predicted octanol–water partition coefficient (Wildman–Crippen LogP) is 4.08. The third-order valence-electron chi connectivity index (χ3n) is 5.30. The lowest BCUT2D eigenvalue weighted by molar-refractivity contribution is -0.140. The molecule has 2 aromatic carbocycles. The lowest BCUT2D eigenvalue weighted by Crippen LogP contribution is -2.46. The molecule has 3 rings (SSSR count). The molecule has 0 N–H and O–H groups in total. The monoisotopic (exact) mass is 453 g/mol. The standard InChI is InChI=1S/C22H25ClFNO4S/c1-14-10-19(11-15(2)21(14)23)29-16(3)22(26)25(18-8-9-30(27,28)13-18)12-17-6-4-5-7-20(17)24/h4-7,10-11,16,18H,8-9,12-13H2,1-3H3/t16-,18+/m0/s1. The van der Waals surface area contributed by atoms with Crippen LogP contribution in [0.5, 0.6) is 5.75 Å². The molecule has 2 atom stereocenters. The second kappa shape index (κ2) is 8.94. The fraction of sp³-hybridized carbons (Fsp3) is 0.409. The zero-order chi connectivity index (χ0) is 22.1. The van der Waals surface area contributed by atoms with E-state index in [0.29, 0.717) is 22.8 Å². The summed E-state index contributed by atoms with van der Waals surface area (Å²) in [6.07, 6.45) is -0.547. The first kappa shape index (κ1) is 22.6. The largest absolute Gasteiger partial charge is 0.481 e. The molecule has 0 unspecified atom stereocenters. The first-order valence-electron chi connectivity index (χ1n) is 9.75. The highest BCUT2D eigenvalue weighted by atomic mass is 35.5. The highest BCUT2D eigenvalue weighted by Gasteiger charge is 2.37. The van der Waals surface area contributed by atoms with E-state index in [2.05, 4.69) is 0 Å². The van der Waals surface area contributed by atoms with Crippen molar-refractivity contribution >= 4 is 27.3 Å². The van der Waals surface area contributed by atoms with Gasteiger partial charge in [-0.1, -0.05) is 29.8 Å². The molecule has 1 fully saturated rings. The Labute approximate surface area is 181 Å². The van der Waals surface area contributed by atoms with Crippen molar-refractivity contribution < 1.29 is 22.3 Å². The average molecular weight is 454 g/mol. The van der Waals surface area contributed by atoms with Crippen LogP contribution in [-0.2, 0) is 21.2 Å². The van der Waals surface area contributed by atoms with Crippen molar-refractivity contribution in [2.45, 2.75) is 45.9 Å². The zero-order valence-corrected chi connectivity index (χ0v) is 18.8. The minimum absolute atomic E-state index is 0.0158. The number of hydrogen-bond acceptors (Lipinski definition) is 4. The molecular formula is C22H25ClFNO4S. The van der Waals surface area contributed by atoms with E-state index in [1.54, 1.807) is 37.3 Å². The molecule has 1 aliphatic heterocycles. The van der Waals surface area contributed by atoms with Gasteiger partial charge in [-0.15, -0.1) is 0 Å². The van der Waals surface area contributed by atoms with Crippen molar-refractivity contribution in [2.24, 2.45) is 0 Å². The molecule has 30 heavy (non-hydrogen) atoms. The lowest BCUT2D eigenvalue weighted by atomic mass is 10.1. The Morgan fingerprint density at radius 3 is 2.47 bits per heavy atom. The van der Waals surface area contributed by atoms with Crippen LogP contribution in [0.2, 0.25) is 5.02 Å². The number of carbonyl (C=O) groups is 1. The van der Waals surface area contributed by atoms with Crippen LogP contribution in [-0.4, -0.2) is 42.9 Å². The summed E-state index contributed by atoms with van der Waals surface area (Å²) in [5, 5.41) is 0.638. The number of carbonyl (C=O) groups excluding carboxylic acids is 1. The summed E-state index contributed by atoms with van der Waals surface area (Å²) < 4.78 is 44.1. The highest BCUT2D eigenvalue weighted by molar-refractivity contribution is 7.91. The van der Waals surface area contributed by atoms with Crippen molar-refractivity contribution in [3.63, 3.8) is 0 Å². The van der Waals surface area contributed by atoms with Crippen molar-refractivity contribution in [2.75, 3.05) is 11.5 Å². The number of aryl methyl sites for hydroxylation is 2. The van der Waals surface area contributed by atoms with Crippen LogP contribution in [0.4, 0.5) is 4.39 Å². The van der Waals surface area contributed by atoms with Gasteiger partial charge < -0.3 is 9.64 Å². The van der Waals surface area contributed by atoms with E-state index in [9.17, 15) is 17.6 Å². The van der Waals surface area contributed by atoms with Crippen LogP contribution in [0.1, 0.15) is 30.0 Å². The smallest absolute Gasteiger partial charge is 0.263 e. The van der Waals surface area contributed by atoms with Gasteiger partial charge in [0.25, 0.3) is 5.91 Å². The normalized spacial score (nSPS) is 18.8. The molecular weight excluding hydrogens is 429 g/mol. The topological polar surface area (TPSA) is 63.7 Å². The molecule has 0 aromatic heterocycles. The molecule has 0 aliphatic carbocycles. The Hall–Kier alpha value is -2.12. The summed E-state index contributed by atoms with van der Waals surface area (Å²) in [4.78, 5) is 14.7. The maximum atomic E-state index is 14.2. The Morgan fingerprint density at radius 1 is 1.27 bits per heavy atom. The van der Waals surface area contributed by atoms with E-state index in [4.69, 9.17) is 16.3 Å². The quantitative estimate of drug-likeness (QED) is 0.661. The fourth-order valence-electron chi connectivity index (χ4n) is 3.68. The Balaban J connectivity index is 1.84. The molecule has 8 heteroatoms. The number of amides is 1. The number of halogens is 2. The number of ether oxygens (including phenoxy) is 1. The van der Waals surface area contributed by atoms with Gasteiger partial charge >= 0.3 is 0 Å². The van der Waals surface area contributed by atoms with Crippen LogP contribution in [0.25, 0.3) is 0 Å². The van der Waals surface area contributed by atoms with Gasteiger partial charge in [0.2, 0.25) is 0 Å². The van der Waals surface area contributed by atoms with Crippen molar-refractivity contribution in [3.05, 3.63) is 63.9 Å². The summed E-state index contributed by atoms with van der Waals surface area (Å²) in [5.41, 5.74) is 1.99. The molecule has 0 spiro atoms. The van der Waals surface area contributed by atoms with Gasteiger partial charge in [0.1, 0.15) is 11.6 Å². The summed E-state index contributed by atoms with van der Waals surface area (Å²) in [7, 11) is -3.22. The van der Waals surface area contributed by atoms with E-state index < -0.39 is 27.8 Å². The van der Waals surface area contributed by atoms with Gasteiger partial charge in [-0.3, -0.25) is 4.79 Å². The number of hydrogen-bond donors (Lipinski definition) is 0. The summed E-state index contributed by atoms with van der Waals surface area (Å²) in [5.74, 6) is -0.429. The van der Waals surface area contributed by atoms with Gasteiger partial charge in [-0.2, -0.15) is 0 Å². The second-order valence-corrected chi connectivity index (χ2v) is 10.4. The van der Waals surface area contributed by atoms with Crippen molar-refractivity contribution in [1.82, 2.24) is 4.90 Å². The second-order valence-electron chi connectivity index (χ2n) is 7.75. The van der Waals surface area contributed by atoms with Gasteiger partial charge in [-0.25, -0.2) is 12.8 Å². The SMILES string of the molecule is Cc1cc(O[C@@H](C)C(=O)N(Cc2ccccc2F)[C@@H]2CCS(=O)(=O)C2)cc(C)c1Cl. The molecule has 5 nitrogen and oxygen atoms in total. The van der Waals surface area contributed by atoms with Crippen LogP contribution < -0.4 is 4.74 Å². The molecule has 1 saturated heterocycles.